The molecule has 0 saturated carbocycles. The van der Waals surface area contributed by atoms with Crippen LogP contribution in [0.3, 0.4) is 0 Å². The van der Waals surface area contributed by atoms with Crippen LogP contribution in [0.1, 0.15) is 32.0 Å². The predicted molar refractivity (Wildman–Crippen MR) is 181 cm³/mol. The molecular weight excluding hydrogens is 598 g/mol. The molecule has 0 bridgehead atoms. The summed E-state index contributed by atoms with van der Waals surface area (Å²) in [5, 5.41) is 14.8. The van der Waals surface area contributed by atoms with Gasteiger partial charge in [-0.15, -0.1) is 0 Å². The first-order valence-electron chi connectivity index (χ1n) is 14.9. The van der Waals surface area contributed by atoms with E-state index in [2.05, 4.69) is 39.2 Å². The number of hydrogen-bond donors (Lipinski definition) is 3. The lowest BCUT2D eigenvalue weighted by Crippen LogP contribution is -2.20. The van der Waals surface area contributed by atoms with Crippen molar-refractivity contribution in [3.8, 4) is 11.5 Å². The average Bonchev–Trinajstić information content (AvgIpc) is 3.46. The van der Waals surface area contributed by atoms with Crippen molar-refractivity contribution >= 4 is 45.1 Å². The van der Waals surface area contributed by atoms with Gasteiger partial charge in [-0.1, -0.05) is 30.3 Å². The van der Waals surface area contributed by atoms with Gasteiger partial charge in [-0.25, -0.2) is 0 Å². The summed E-state index contributed by atoms with van der Waals surface area (Å²) in [7, 11) is 4.83. The lowest BCUT2D eigenvalue weighted by atomic mass is 10.1. The van der Waals surface area contributed by atoms with Crippen molar-refractivity contribution in [1.82, 2.24) is 15.1 Å². The molecule has 0 unspecified atom stereocenters. The molecule has 0 fully saturated rings. The van der Waals surface area contributed by atoms with Crippen LogP contribution in [0.5, 0.6) is 11.5 Å². The van der Waals surface area contributed by atoms with Crippen LogP contribution in [0.4, 0.5) is 11.4 Å². The molecule has 47 heavy (non-hydrogen) atoms. The van der Waals surface area contributed by atoms with E-state index in [4.69, 9.17) is 13.9 Å². The number of nitrogens with one attached hydrogen (secondary N) is 3. The second kappa shape index (κ2) is 13.6. The number of rotatable bonds is 11. The molecule has 11 heteroatoms. The molecule has 238 valence electrons. The van der Waals surface area contributed by atoms with Crippen molar-refractivity contribution in [3.05, 3.63) is 124 Å². The van der Waals surface area contributed by atoms with Crippen LogP contribution < -0.4 is 30.9 Å². The number of hydrogen-bond acceptors (Lipinski definition) is 8. The molecule has 0 saturated heterocycles. The predicted octanol–water partition coefficient (Wildman–Crippen LogP) is 5.53. The van der Waals surface area contributed by atoms with Gasteiger partial charge in [-0.2, -0.15) is 5.10 Å². The highest BCUT2D eigenvalue weighted by molar-refractivity contribution is 6.12. The number of carbonyl (C=O) groups is 2. The number of amides is 2. The highest BCUT2D eigenvalue weighted by atomic mass is 16.5. The molecule has 6 aromatic rings. The van der Waals surface area contributed by atoms with E-state index in [9.17, 15) is 14.4 Å². The molecule has 0 aliphatic heterocycles. The van der Waals surface area contributed by atoms with Gasteiger partial charge in [0.15, 0.2) is 22.7 Å². The fourth-order valence-electron chi connectivity index (χ4n) is 5.31. The number of para-hydroxylation sites is 1. The third kappa shape index (κ3) is 6.85. The summed E-state index contributed by atoms with van der Waals surface area (Å²) in [5.41, 5.74) is 4.16. The molecule has 0 spiro atoms. The van der Waals surface area contributed by atoms with Gasteiger partial charge in [0.2, 0.25) is 0 Å². The van der Waals surface area contributed by atoms with E-state index >= 15 is 0 Å². The average molecular weight is 632 g/mol. The van der Waals surface area contributed by atoms with Crippen LogP contribution in [-0.2, 0) is 20.0 Å². The van der Waals surface area contributed by atoms with E-state index in [-0.39, 0.29) is 28.0 Å². The Bertz CT molecular complexity index is 2150. The lowest BCUT2D eigenvalue weighted by Gasteiger charge is -2.16. The Morgan fingerprint density at radius 2 is 1.60 bits per heavy atom. The molecule has 2 amide bonds. The number of anilines is 2. The van der Waals surface area contributed by atoms with Crippen molar-refractivity contribution < 1.29 is 23.5 Å². The van der Waals surface area contributed by atoms with E-state index in [0.29, 0.717) is 22.6 Å². The summed E-state index contributed by atoms with van der Waals surface area (Å²) < 4.78 is 18.4. The number of aromatic nitrogens is 2. The molecule has 3 N–H and O–H groups in total. The van der Waals surface area contributed by atoms with Gasteiger partial charge < -0.3 is 29.8 Å². The van der Waals surface area contributed by atoms with Gasteiger partial charge in [0.25, 0.3) is 11.8 Å². The first-order valence-corrected chi connectivity index (χ1v) is 14.9. The molecule has 2 heterocycles. The van der Waals surface area contributed by atoms with E-state index < -0.39 is 11.8 Å². The van der Waals surface area contributed by atoms with E-state index in [1.54, 1.807) is 24.3 Å². The zero-order valence-electron chi connectivity index (χ0n) is 26.1. The number of methoxy groups -OCH3 is 2. The normalized spacial score (nSPS) is 11.0. The Hall–Kier alpha value is -5.94. The van der Waals surface area contributed by atoms with Crippen LogP contribution >= 0.6 is 0 Å². The largest absolute Gasteiger partial charge is 0.493 e. The molecular formula is C36H33N5O6. The molecule has 6 rings (SSSR count). The summed E-state index contributed by atoms with van der Waals surface area (Å²) in [6.07, 6.45) is 2.67. The van der Waals surface area contributed by atoms with Crippen molar-refractivity contribution in [2.75, 3.05) is 31.4 Å². The van der Waals surface area contributed by atoms with E-state index in [1.165, 1.54) is 31.9 Å². The van der Waals surface area contributed by atoms with Gasteiger partial charge in [-0.3, -0.25) is 19.1 Å². The quantitative estimate of drug-likeness (QED) is 0.159. The second-order valence-electron chi connectivity index (χ2n) is 10.9. The highest BCUT2D eigenvalue weighted by Gasteiger charge is 2.21. The Morgan fingerprint density at radius 1 is 0.851 bits per heavy atom. The van der Waals surface area contributed by atoms with Gasteiger partial charge >= 0.3 is 0 Å². The molecule has 4 aromatic carbocycles. The maximum atomic E-state index is 13.5. The van der Waals surface area contributed by atoms with Crippen LogP contribution in [-0.4, -0.2) is 42.4 Å². The van der Waals surface area contributed by atoms with Crippen LogP contribution in [0.15, 0.2) is 100 Å². The van der Waals surface area contributed by atoms with Crippen LogP contribution in [0.2, 0.25) is 0 Å². The monoisotopic (exact) mass is 631 g/mol. The zero-order chi connectivity index (χ0) is 32.9. The van der Waals surface area contributed by atoms with Crippen molar-refractivity contribution in [2.24, 2.45) is 7.05 Å². The van der Waals surface area contributed by atoms with Gasteiger partial charge in [-0.05, 0) is 66.6 Å². The Kier molecular flexibility index (Phi) is 8.98. The smallest absolute Gasteiger partial charge is 0.291 e. The molecule has 0 aliphatic carbocycles. The summed E-state index contributed by atoms with van der Waals surface area (Å²) in [6.45, 7) is 1.53. The number of benzene rings is 4. The summed E-state index contributed by atoms with van der Waals surface area (Å²) in [4.78, 5) is 39.3. The minimum atomic E-state index is -0.704. The Labute approximate surface area is 270 Å². The fourth-order valence-corrected chi connectivity index (χ4v) is 5.31. The standard InChI is InChI=1S/C36H33N5O6/c1-41-29-13-10-23(16-24(29)21-38-41)20-37-15-14-22-8-11-25(12-9-22)39-35(43)27-17-32(45-2)33(46-3)18-28(27)40-36(44)34-19-30(42)26-6-4-5-7-31(26)47-34/h4-13,16-19,21,37H,14-15,20H2,1-3H3,(H,39,43)(H,40,44). The number of ether oxygens (including phenoxy) is 2. The first kappa shape index (κ1) is 31.1. The number of carbonyl (C=O) groups excluding carboxylic acids is 2. The SMILES string of the molecule is COc1cc(NC(=O)c2cc(=O)c3ccccc3o2)c(C(=O)Nc2ccc(CCNCc3ccc4c(cnn4C)c3)cc2)cc1OC. The molecule has 0 radical (unpaired) electrons. The van der Waals surface area contributed by atoms with Crippen molar-refractivity contribution in [3.63, 3.8) is 0 Å². The van der Waals surface area contributed by atoms with Crippen molar-refractivity contribution in [2.45, 2.75) is 13.0 Å². The maximum absolute atomic E-state index is 13.5. The lowest BCUT2D eigenvalue weighted by molar-refractivity contribution is 0.0997. The Morgan fingerprint density at radius 3 is 2.38 bits per heavy atom. The molecule has 2 aromatic heterocycles. The summed E-state index contributed by atoms with van der Waals surface area (Å²) in [6, 6.07) is 24.6. The summed E-state index contributed by atoms with van der Waals surface area (Å²) >= 11 is 0. The second-order valence-corrected chi connectivity index (χ2v) is 10.9. The van der Waals surface area contributed by atoms with Gasteiger partial charge in [0.05, 0.1) is 42.6 Å². The highest BCUT2D eigenvalue weighted by Crippen LogP contribution is 2.34. The molecule has 0 aliphatic rings. The molecule has 11 nitrogen and oxygen atoms in total. The number of aryl methyl sites for hydroxylation is 1. The van der Waals surface area contributed by atoms with Gasteiger partial charge in [0, 0.05) is 36.8 Å². The first-order chi connectivity index (χ1) is 22.8. The van der Waals surface area contributed by atoms with Crippen molar-refractivity contribution in [1.29, 1.82) is 0 Å². The number of nitrogens with zero attached hydrogens (tertiary/aromatic N) is 2. The minimum absolute atomic E-state index is 0.122. The third-order valence-electron chi connectivity index (χ3n) is 7.82. The van der Waals surface area contributed by atoms with Gasteiger partial charge in [0.1, 0.15) is 5.58 Å². The maximum Gasteiger partial charge on any atom is 0.291 e. The van der Waals surface area contributed by atoms with Crippen LogP contribution in [0.25, 0.3) is 21.9 Å². The fraction of sp³-hybridized carbons (Fsp3) is 0.167. The Balaban J connectivity index is 1.12. The zero-order valence-corrected chi connectivity index (χ0v) is 26.1. The van der Waals surface area contributed by atoms with E-state index in [1.807, 2.05) is 42.2 Å². The third-order valence-corrected chi connectivity index (χ3v) is 7.82. The van der Waals surface area contributed by atoms with E-state index in [0.717, 1.165) is 42.0 Å². The topological polar surface area (TPSA) is 137 Å². The minimum Gasteiger partial charge on any atom is -0.493 e. The number of fused-ring (bicyclic) bond motifs is 2. The molecule has 0 atom stereocenters. The van der Waals surface area contributed by atoms with Crippen LogP contribution in [0, 0.1) is 0 Å². The summed E-state index contributed by atoms with van der Waals surface area (Å²) in [5.74, 6) is -0.786.